The van der Waals surface area contributed by atoms with Crippen LogP contribution in [-0.2, 0) is 13.0 Å². The number of aromatic nitrogens is 3. The summed E-state index contributed by atoms with van der Waals surface area (Å²) in [5.74, 6) is -0.321. The van der Waals surface area contributed by atoms with Crippen molar-refractivity contribution in [3.63, 3.8) is 0 Å². The van der Waals surface area contributed by atoms with Gasteiger partial charge >= 0.3 is 0 Å². The number of nitro benzene ring substituents is 1. The van der Waals surface area contributed by atoms with E-state index < -0.39 is 4.92 Å². The molecule has 2 rings (SSSR count). The average molecular weight is 330 g/mol. The van der Waals surface area contributed by atoms with Gasteiger partial charge in [-0.1, -0.05) is 37.5 Å². The predicted molar refractivity (Wildman–Crippen MR) is 90.1 cm³/mol. The fourth-order valence-corrected chi connectivity index (χ4v) is 2.57. The summed E-state index contributed by atoms with van der Waals surface area (Å²) in [5.41, 5.74) is 1.69. The first-order chi connectivity index (χ1) is 11.5. The number of hydrogen-bond acceptors (Lipinski definition) is 5. The maximum atomic E-state index is 11.6. The minimum atomic E-state index is -0.537. The van der Waals surface area contributed by atoms with Crippen LogP contribution in [0.4, 0.5) is 5.69 Å². The highest BCUT2D eigenvalue weighted by Crippen LogP contribution is 2.21. The highest BCUT2D eigenvalue weighted by Gasteiger charge is 2.17. The van der Waals surface area contributed by atoms with Crippen LogP contribution in [0.5, 0.6) is 0 Å². The molecule has 128 valence electrons. The topological polar surface area (TPSA) is 90.9 Å². The number of Topliss-reactive ketones (excluding diaryl/α,β-unsaturated/α-hetero) is 1. The smallest absolute Gasteiger partial charge is 0.280 e. The molecule has 1 aromatic heterocycles. The third-order valence-corrected chi connectivity index (χ3v) is 3.85. The Hall–Kier alpha value is -2.57. The van der Waals surface area contributed by atoms with Crippen molar-refractivity contribution in [3.8, 4) is 0 Å². The zero-order valence-corrected chi connectivity index (χ0v) is 14.1. The van der Waals surface area contributed by atoms with Crippen LogP contribution in [0.3, 0.4) is 0 Å². The first-order valence-corrected chi connectivity index (χ1v) is 8.18. The van der Waals surface area contributed by atoms with Gasteiger partial charge in [0, 0.05) is 12.3 Å². The number of carbonyl (C=O) groups excluding carboxylic acids is 1. The molecule has 7 heteroatoms. The van der Waals surface area contributed by atoms with Crippen LogP contribution in [0, 0.1) is 10.1 Å². The van der Waals surface area contributed by atoms with E-state index in [-0.39, 0.29) is 17.0 Å². The van der Waals surface area contributed by atoms with Gasteiger partial charge in [0.05, 0.1) is 22.7 Å². The molecule has 7 nitrogen and oxygen atoms in total. The van der Waals surface area contributed by atoms with Gasteiger partial charge in [0.1, 0.15) is 0 Å². The molecule has 0 aliphatic heterocycles. The lowest BCUT2D eigenvalue weighted by molar-refractivity contribution is -0.385. The molecule has 0 radical (unpaired) electrons. The summed E-state index contributed by atoms with van der Waals surface area (Å²) >= 11 is 0. The van der Waals surface area contributed by atoms with E-state index in [1.54, 1.807) is 16.8 Å². The van der Waals surface area contributed by atoms with Gasteiger partial charge in [-0.3, -0.25) is 14.9 Å². The van der Waals surface area contributed by atoms with Gasteiger partial charge in [-0.05, 0) is 31.4 Å². The van der Waals surface area contributed by atoms with E-state index in [4.69, 9.17) is 0 Å². The predicted octanol–water partition coefficient (Wildman–Crippen LogP) is 3.56. The summed E-state index contributed by atoms with van der Waals surface area (Å²) in [6.07, 6.45) is 7.50. The van der Waals surface area contributed by atoms with Gasteiger partial charge in [0.15, 0.2) is 5.78 Å². The first-order valence-electron chi connectivity index (χ1n) is 8.18. The third kappa shape index (κ3) is 4.71. The van der Waals surface area contributed by atoms with Crippen molar-refractivity contribution in [2.75, 3.05) is 0 Å². The largest absolute Gasteiger partial charge is 0.294 e. The van der Waals surface area contributed by atoms with Crippen LogP contribution >= 0.6 is 0 Å². The van der Waals surface area contributed by atoms with Gasteiger partial charge < -0.3 is 0 Å². The van der Waals surface area contributed by atoms with Crippen LogP contribution in [0.15, 0.2) is 24.4 Å². The van der Waals surface area contributed by atoms with Crippen LogP contribution in [0.2, 0.25) is 0 Å². The number of carbonyl (C=O) groups is 1. The molecule has 0 amide bonds. The van der Waals surface area contributed by atoms with Crippen LogP contribution in [-0.4, -0.2) is 25.7 Å². The van der Waals surface area contributed by atoms with Crippen LogP contribution in [0.25, 0.3) is 0 Å². The van der Waals surface area contributed by atoms with E-state index >= 15 is 0 Å². The van der Waals surface area contributed by atoms with Crippen molar-refractivity contribution in [2.24, 2.45) is 0 Å². The normalized spacial score (nSPS) is 10.8. The molecule has 0 aliphatic rings. The van der Waals surface area contributed by atoms with Gasteiger partial charge in [0.25, 0.3) is 5.69 Å². The van der Waals surface area contributed by atoms with Crippen molar-refractivity contribution >= 4 is 11.5 Å². The van der Waals surface area contributed by atoms with Crippen LogP contribution < -0.4 is 0 Å². The van der Waals surface area contributed by atoms with Gasteiger partial charge in [0.2, 0.25) is 0 Å². The lowest BCUT2D eigenvalue weighted by Crippen LogP contribution is -2.05. The second kappa shape index (κ2) is 8.33. The summed E-state index contributed by atoms with van der Waals surface area (Å²) in [6, 6.07) is 4.57. The Labute approximate surface area is 140 Å². The summed E-state index contributed by atoms with van der Waals surface area (Å²) in [7, 11) is 0. The van der Waals surface area contributed by atoms with Crippen molar-refractivity contribution < 1.29 is 9.72 Å². The summed E-state index contributed by atoms with van der Waals surface area (Å²) in [5, 5.41) is 19.2. The zero-order chi connectivity index (χ0) is 17.5. The minimum absolute atomic E-state index is 0.123. The molecule has 0 spiro atoms. The Bertz CT molecular complexity index is 724. The Morgan fingerprint density at radius 1 is 1.29 bits per heavy atom. The summed E-state index contributed by atoms with van der Waals surface area (Å²) in [6.45, 7) is 3.94. The number of hydrogen-bond donors (Lipinski definition) is 0. The van der Waals surface area contributed by atoms with Gasteiger partial charge in [-0.15, -0.1) is 5.10 Å². The average Bonchev–Trinajstić information content (AvgIpc) is 2.98. The molecule has 0 N–H and O–H groups in total. The highest BCUT2D eigenvalue weighted by molar-refractivity contribution is 5.98. The molecule has 0 saturated heterocycles. The molecule has 0 atom stereocenters. The number of rotatable bonds is 9. The molecule has 0 saturated carbocycles. The fraction of sp³-hybridized carbons (Fsp3) is 0.471. The maximum Gasteiger partial charge on any atom is 0.280 e. The third-order valence-electron chi connectivity index (χ3n) is 3.85. The molecule has 1 heterocycles. The van der Waals surface area contributed by atoms with E-state index in [1.807, 2.05) is 6.20 Å². The molecule has 2 aromatic rings. The van der Waals surface area contributed by atoms with E-state index in [2.05, 4.69) is 17.2 Å². The maximum absolute atomic E-state index is 11.6. The molecule has 0 unspecified atom stereocenters. The lowest BCUT2D eigenvalue weighted by Gasteiger charge is -2.04. The molecule has 0 aliphatic carbocycles. The number of benzene rings is 1. The number of unbranched alkanes of at least 4 members (excludes halogenated alkanes) is 3. The second-order valence-electron chi connectivity index (χ2n) is 5.88. The van der Waals surface area contributed by atoms with Gasteiger partial charge in [-0.2, -0.15) is 0 Å². The number of ketones is 1. The lowest BCUT2D eigenvalue weighted by atomic mass is 10.1. The number of nitro groups is 1. The molecule has 24 heavy (non-hydrogen) atoms. The standard InChI is InChI=1S/C17H22N4O3/c1-3-4-5-6-7-15-12-20(19-18-15)11-14-8-9-17(21(23)24)16(10-14)13(2)22/h8-10,12H,3-7,11H2,1-2H3. The summed E-state index contributed by atoms with van der Waals surface area (Å²) < 4.78 is 1.69. The quantitative estimate of drug-likeness (QED) is 0.303. The van der Waals surface area contributed by atoms with E-state index in [0.717, 1.165) is 24.1 Å². The Morgan fingerprint density at radius 3 is 2.75 bits per heavy atom. The zero-order valence-electron chi connectivity index (χ0n) is 14.1. The Kier molecular flexibility index (Phi) is 6.17. The molecular weight excluding hydrogens is 308 g/mol. The number of aryl methyl sites for hydroxylation is 1. The second-order valence-corrected chi connectivity index (χ2v) is 5.88. The molecule has 0 fully saturated rings. The highest BCUT2D eigenvalue weighted by atomic mass is 16.6. The molecular formula is C17H22N4O3. The van der Waals surface area contributed by atoms with Gasteiger partial charge in [-0.25, -0.2) is 4.68 Å². The van der Waals surface area contributed by atoms with E-state index in [0.29, 0.717) is 6.54 Å². The van der Waals surface area contributed by atoms with E-state index in [1.165, 1.54) is 32.3 Å². The van der Waals surface area contributed by atoms with Crippen LogP contribution in [0.1, 0.15) is 61.1 Å². The number of nitrogens with zero attached hydrogens (tertiary/aromatic N) is 4. The van der Waals surface area contributed by atoms with Crippen molar-refractivity contribution in [1.82, 2.24) is 15.0 Å². The minimum Gasteiger partial charge on any atom is -0.294 e. The monoisotopic (exact) mass is 330 g/mol. The Morgan fingerprint density at radius 2 is 2.08 bits per heavy atom. The Balaban J connectivity index is 2.06. The van der Waals surface area contributed by atoms with Crippen molar-refractivity contribution in [3.05, 3.63) is 51.3 Å². The van der Waals surface area contributed by atoms with E-state index in [9.17, 15) is 14.9 Å². The first kappa shape index (κ1) is 17.8. The molecule has 1 aromatic carbocycles. The SMILES string of the molecule is CCCCCCc1cn(Cc2ccc([N+](=O)[O-])c(C(C)=O)c2)nn1. The van der Waals surface area contributed by atoms with Crippen molar-refractivity contribution in [1.29, 1.82) is 0 Å². The molecule has 0 bridgehead atoms. The van der Waals surface area contributed by atoms with Crippen molar-refractivity contribution in [2.45, 2.75) is 52.5 Å². The fourth-order valence-electron chi connectivity index (χ4n) is 2.57. The summed E-state index contributed by atoms with van der Waals surface area (Å²) in [4.78, 5) is 22.0.